The molecule has 0 unspecified atom stereocenters. The number of pyridine rings is 1. The molecule has 48 heavy (non-hydrogen) atoms. The van der Waals surface area contributed by atoms with E-state index >= 15 is 4.39 Å². The number of hydrogen-bond acceptors (Lipinski definition) is 8. The lowest BCUT2D eigenvalue weighted by atomic mass is 9.75. The van der Waals surface area contributed by atoms with E-state index in [1.807, 2.05) is 0 Å². The number of aromatic hydroxyl groups is 1. The smallest absolute Gasteiger partial charge is 0.319 e. The molecule has 0 atom stereocenters. The van der Waals surface area contributed by atoms with Crippen LogP contribution in [0.2, 0.25) is 0 Å². The number of terminal acetylenes is 1. The predicted octanol–water partition coefficient (Wildman–Crippen LogP) is 6.09. The Kier molecular flexibility index (Phi) is 7.90. The SMILES string of the molecule is C#Cc1c(F)ccc2cc(O)cc(-c3ncc4c(NCC5(N(C)C(=O)C(=C)F)CCC5)nc(OCC56CCCN5CCC6)nc4c3F)c12. The van der Waals surface area contributed by atoms with Crippen molar-refractivity contribution in [2.45, 2.75) is 56.0 Å². The van der Waals surface area contributed by atoms with Crippen LogP contribution in [-0.4, -0.2) is 80.1 Å². The highest BCUT2D eigenvalue weighted by Crippen LogP contribution is 2.42. The normalized spacial score (nSPS) is 17.9. The van der Waals surface area contributed by atoms with Crippen LogP contribution in [0.4, 0.5) is 19.0 Å². The predicted molar refractivity (Wildman–Crippen MR) is 176 cm³/mol. The number of halogens is 3. The highest BCUT2D eigenvalue weighted by molar-refractivity contribution is 6.03. The third kappa shape index (κ3) is 5.17. The van der Waals surface area contributed by atoms with Gasteiger partial charge >= 0.3 is 6.01 Å². The van der Waals surface area contributed by atoms with E-state index in [1.165, 1.54) is 42.4 Å². The van der Waals surface area contributed by atoms with Crippen molar-refractivity contribution in [1.29, 1.82) is 0 Å². The minimum absolute atomic E-state index is 0.0467. The number of phenolic OH excluding ortho intramolecular Hbond substituents is 1. The Morgan fingerprint density at radius 2 is 1.92 bits per heavy atom. The van der Waals surface area contributed by atoms with Crippen LogP contribution in [0, 0.1) is 24.0 Å². The number of carbonyl (C=O) groups is 1. The molecule has 3 aliphatic rings. The van der Waals surface area contributed by atoms with Gasteiger partial charge in [-0.15, -0.1) is 6.42 Å². The van der Waals surface area contributed by atoms with Gasteiger partial charge in [-0.25, -0.2) is 13.2 Å². The average molecular weight is 657 g/mol. The van der Waals surface area contributed by atoms with Crippen molar-refractivity contribution in [3.63, 3.8) is 0 Å². The Balaban J connectivity index is 1.33. The minimum atomic E-state index is -1.05. The number of amides is 1. The topological polar surface area (TPSA) is 104 Å². The zero-order valence-corrected chi connectivity index (χ0v) is 26.6. The summed E-state index contributed by atoms with van der Waals surface area (Å²) in [7, 11) is 1.54. The first kappa shape index (κ1) is 31.7. The number of rotatable bonds is 9. The molecule has 0 bridgehead atoms. The van der Waals surface area contributed by atoms with E-state index < -0.39 is 28.9 Å². The van der Waals surface area contributed by atoms with Gasteiger partial charge in [0, 0.05) is 30.7 Å². The van der Waals surface area contributed by atoms with Gasteiger partial charge in [0.2, 0.25) is 0 Å². The molecule has 1 aliphatic carbocycles. The summed E-state index contributed by atoms with van der Waals surface area (Å²) >= 11 is 0. The summed E-state index contributed by atoms with van der Waals surface area (Å²) < 4.78 is 51.7. The van der Waals surface area contributed by atoms with Gasteiger partial charge in [0.25, 0.3) is 5.91 Å². The van der Waals surface area contributed by atoms with Gasteiger partial charge in [-0.1, -0.05) is 18.6 Å². The largest absolute Gasteiger partial charge is 0.508 e. The van der Waals surface area contributed by atoms with Gasteiger partial charge < -0.3 is 20.1 Å². The van der Waals surface area contributed by atoms with Gasteiger partial charge in [0.15, 0.2) is 11.6 Å². The number of phenols is 1. The molecule has 3 fully saturated rings. The van der Waals surface area contributed by atoms with Crippen LogP contribution >= 0.6 is 0 Å². The first-order valence-electron chi connectivity index (χ1n) is 16.1. The van der Waals surface area contributed by atoms with Crippen LogP contribution in [0.3, 0.4) is 0 Å². The Morgan fingerprint density at radius 3 is 2.58 bits per heavy atom. The standard InChI is InChI=1S/C36H35F3N6O3/c1-4-24-27(38)9-8-22-16-23(46)17-25(28(22)24)30-29(39)31-26(18-40-30)32(41-19-35(10-5-11-35)44(3)33(47)21(2)37)43-34(42-31)48-20-36-12-6-14-45(36)15-7-13-36/h1,8-9,16-18,46H,2,5-7,10-15,19-20H2,3H3,(H,41,42,43). The summed E-state index contributed by atoms with van der Waals surface area (Å²) in [6.07, 6.45) is 13.2. The van der Waals surface area contributed by atoms with E-state index in [-0.39, 0.29) is 62.8 Å². The highest BCUT2D eigenvalue weighted by atomic mass is 19.1. The van der Waals surface area contributed by atoms with Crippen molar-refractivity contribution in [2.75, 3.05) is 38.6 Å². The van der Waals surface area contributed by atoms with Gasteiger partial charge in [-0.2, -0.15) is 9.97 Å². The van der Waals surface area contributed by atoms with Crippen molar-refractivity contribution in [3.05, 3.63) is 60.1 Å². The van der Waals surface area contributed by atoms with Crippen LogP contribution in [0.1, 0.15) is 50.5 Å². The number of hydrogen-bond donors (Lipinski definition) is 2. The zero-order valence-electron chi connectivity index (χ0n) is 26.6. The Hall–Kier alpha value is -4.89. The number of benzene rings is 2. The second-order valence-corrected chi connectivity index (χ2v) is 13.1. The summed E-state index contributed by atoms with van der Waals surface area (Å²) in [5.74, 6) is -0.975. The molecule has 4 aromatic rings. The molecule has 12 heteroatoms. The summed E-state index contributed by atoms with van der Waals surface area (Å²) in [4.78, 5) is 29.9. The number of nitrogens with one attached hydrogen (secondary N) is 1. The lowest BCUT2D eigenvalue weighted by Crippen LogP contribution is -2.58. The molecule has 2 saturated heterocycles. The number of aromatic nitrogens is 3. The maximum Gasteiger partial charge on any atom is 0.319 e. The fourth-order valence-corrected chi connectivity index (χ4v) is 7.70. The maximum absolute atomic E-state index is 16.8. The number of ether oxygens (including phenoxy) is 1. The molecule has 248 valence electrons. The molecule has 0 radical (unpaired) electrons. The molecule has 4 heterocycles. The molecule has 9 nitrogen and oxygen atoms in total. The van der Waals surface area contributed by atoms with Crippen molar-refractivity contribution in [3.8, 4) is 35.4 Å². The van der Waals surface area contributed by atoms with Crippen LogP contribution < -0.4 is 10.1 Å². The summed E-state index contributed by atoms with van der Waals surface area (Å²) in [5.41, 5.74) is -1.13. The van der Waals surface area contributed by atoms with Gasteiger partial charge in [-0.05, 0) is 81.6 Å². The molecule has 7 rings (SSSR count). The molecule has 2 aliphatic heterocycles. The van der Waals surface area contributed by atoms with Crippen molar-refractivity contribution in [2.24, 2.45) is 0 Å². The first-order valence-corrected chi connectivity index (χ1v) is 16.1. The van der Waals surface area contributed by atoms with E-state index in [0.717, 1.165) is 45.2 Å². The number of fused-ring (bicyclic) bond motifs is 3. The Morgan fingerprint density at radius 1 is 1.17 bits per heavy atom. The van der Waals surface area contributed by atoms with E-state index in [4.69, 9.17) is 11.2 Å². The van der Waals surface area contributed by atoms with E-state index in [1.54, 1.807) is 0 Å². The lowest BCUT2D eigenvalue weighted by Gasteiger charge is -2.48. The monoisotopic (exact) mass is 656 g/mol. The van der Waals surface area contributed by atoms with Gasteiger partial charge in [0.05, 0.1) is 22.0 Å². The zero-order chi connectivity index (χ0) is 33.8. The molecule has 2 aromatic carbocycles. The van der Waals surface area contributed by atoms with Crippen LogP contribution in [0.25, 0.3) is 32.9 Å². The molecule has 2 aromatic heterocycles. The Bertz CT molecular complexity index is 2010. The number of nitrogens with zero attached hydrogens (tertiary/aromatic N) is 5. The van der Waals surface area contributed by atoms with E-state index in [2.05, 4.69) is 37.7 Å². The van der Waals surface area contributed by atoms with Crippen molar-refractivity contribution >= 4 is 33.4 Å². The molecule has 2 N–H and O–H groups in total. The van der Waals surface area contributed by atoms with Crippen LogP contribution in [0.5, 0.6) is 11.8 Å². The highest BCUT2D eigenvalue weighted by Gasteiger charge is 2.45. The fourth-order valence-electron chi connectivity index (χ4n) is 7.70. The quantitative estimate of drug-likeness (QED) is 0.165. The van der Waals surface area contributed by atoms with Crippen LogP contribution in [0.15, 0.2) is 42.9 Å². The third-order valence-electron chi connectivity index (χ3n) is 10.5. The molecular formula is C36H35F3N6O3. The molecule has 1 amide bonds. The summed E-state index contributed by atoms with van der Waals surface area (Å²) in [6, 6.07) is 5.30. The Labute approximate surface area is 275 Å². The maximum atomic E-state index is 16.8. The van der Waals surface area contributed by atoms with Crippen LogP contribution in [-0.2, 0) is 4.79 Å². The number of likely N-dealkylation sites (N-methyl/N-ethyl adjacent to an activating group) is 1. The first-order chi connectivity index (χ1) is 23.1. The fraction of sp³-hybridized carbons (Fsp3) is 0.389. The van der Waals surface area contributed by atoms with E-state index in [0.29, 0.717) is 24.8 Å². The van der Waals surface area contributed by atoms with Gasteiger partial charge in [-0.3, -0.25) is 14.7 Å². The molecule has 0 spiro atoms. The van der Waals surface area contributed by atoms with Crippen molar-refractivity contribution in [1.82, 2.24) is 24.8 Å². The summed E-state index contributed by atoms with van der Waals surface area (Å²) in [6.45, 7) is 5.68. The number of carbonyl (C=O) groups excluding carboxylic acids is 1. The lowest BCUT2D eigenvalue weighted by molar-refractivity contribution is -0.135. The minimum Gasteiger partial charge on any atom is -0.508 e. The van der Waals surface area contributed by atoms with E-state index in [9.17, 15) is 18.7 Å². The molecule has 1 saturated carbocycles. The molecular weight excluding hydrogens is 621 g/mol. The van der Waals surface area contributed by atoms with Crippen molar-refractivity contribution < 1.29 is 27.8 Å². The average Bonchev–Trinajstić information content (AvgIpc) is 3.63. The second kappa shape index (κ2) is 12.0. The van der Waals surface area contributed by atoms with Gasteiger partial charge in [0.1, 0.15) is 35.2 Å². The summed E-state index contributed by atoms with van der Waals surface area (Å²) in [5, 5.41) is 14.7. The second-order valence-electron chi connectivity index (χ2n) is 13.1. The third-order valence-corrected chi connectivity index (χ3v) is 10.5. The number of anilines is 1.